The molecule has 0 saturated carbocycles. The van der Waals surface area contributed by atoms with Gasteiger partial charge in [0.25, 0.3) is 5.91 Å². The minimum atomic E-state index is -3.37. The molecule has 4 rings (SSSR count). The Labute approximate surface area is 150 Å². The molecule has 1 heterocycles. The number of hydrogen-bond donors (Lipinski definition) is 1. The molecule has 130 valence electrons. The SMILES string of the molecule is CS(=O)(=O)c1cccc(C(=O)Nc2ccc3c(c2)oc2ccccc23)c1. The Kier molecular flexibility index (Phi) is 3.77. The molecule has 0 spiro atoms. The molecule has 0 aliphatic heterocycles. The maximum atomic E-state index is 12.5. The van der Waals surface area contributed by atoms with Crippen molar-refractivity contribution >= 4 is 43.4 Å². The van der Waals surface area contributed by atoms with Crippen LogP contribution in [0.15, 0.2) is 76.0 Å². The zero-order chi connectivity index (χ0) is 18.3. The van der Waals surface area contributed by atoms with E-state index in [9.17, 15) is 13.2 Å². The van der Waals surface area contributed by atoms with E-state index < -0.39 is 9.84 Å². The summed E-state index contributed by atoms with van der Waals surface area (Å²) in [5.74, 6) is -0.383. The largest absolute Gasteiger partial charge is 0.456 e. The summed E-state index contributed by atoms with van der Waals surface area (Å²) in [7, 11) is -3.37. The quantitative estimate of drug-likeness (QED) is 0.589. The minimum absolute atomic E-state index is 0.109. The van der Waals surface area contributed by atoms with E-state index in [4.69, 9.17) is 4.42 Å². The first-order valence-corrected chi connectivity index (χ1v) is 9.84. The van der Waals surface area contributed by atoms with Crippen molar-refractivity contribution in [3.8, 4) is 0 Å². The van der Waals surface area contributed by atoms with E-state index in [0.29, 0.717) is 11.3 Å². The Balaban J connectivity index is 1.66. The number of nitrogens with one attached hydrogen (secondary N) is 1. The summed E-state index contributed by atoms with van der Waals surface area (Å²) in [5.41, 5.74) is 2.31. The van der Waals surface area contributed by atoms with Crippen molar-refractivity contribution in [2.45, 2.75) is 4.90 Å². The molecule has 4 aromatic rings. The Morgan fingerprint density at radius 3 is 2.46 bits per heavy atom. The molecule has 0 fully saturated rings. The van der Waals surface area contributed by atoms with Crippen LogP contribution in [0.2, 0.25) is 0 Å². The van der Waals surface area contributed by atoms with E-state index in [-0.39, 0.29) is 16.4 Å². The lowest BCUT2D eigenvalue weighted by molar-refractivity contribution is 0.102. The number of benzene rings is 3. The molecule has 0 aliphatic rings. The van der Waals surface area contributed by atoms with E-state index in [1.807, 2.05) is 30.3 Å². The van der Waals surface area contributed by atoms with Gasteiger partial charge in [0.05, 0.1) is 4.90 Å². The van der Waals surface area contributed by atoms with E-state index in [1.165, 1.54) is 12.1 Å². The highest BCUT2D eigenvalue weighted by Crippen LogP contribution is 2.30. The highest BCUT2D eigenvalue weighted by molar-refractivity contribution is 7.90. The standard InChI is InChI=1S/C20H15NO4S/c1-26(23,24)15-6-4-5-13(11-15)20(22)21-14-9-10-17-16-7-2-3-8-18(16)25-19(17)12-14/h2-12H,1H3,(H,21,22). The smallest absolute Gasteiger partial charge is 0.255 e. The van der Waals surface area contributed by atoms with Crippen molar-refractivity contribution in [1.29, 1.82) is 0 Å². The fourth-order valence-electron chi connectivity index (χ4n) is 2.87. The van der Waals surface area contributed by atoms with Crippen LogP contribution < -0.4 is 5.32 Å². The minimum Gasteiger partial charge on any atom is -0.456 e. The summed E-state index contributed by atoms with van der Waals surface area (Å²) in [6.45, 7) is 0. The second kappa shape index (κ2) is 6.00. The number of anilines is 1. The molecule has 0 atom stereocenters. The third-order valence-electron chi connectivity index (χ3n) is 4.16. The number of hydrogen-bond acceptors (Lipinski definition) is 4. The first kappa shape index (κ1) is 16.4. The van der Waals surface area contributed by atoms with Crippen LogP contribution in [0.5, 0.6) is 0 Å². The lowest BCUT2D eigenvalue weighted by Gasteiger charge is -2.06. The molecule has 1 amide bonds. The van der Waals surface area contributed by atoms with Crippen molar-refractivity contribution in [2.75, 3.05) is 11.6 Å². The fourth-order valence-corrected chi connectivity index (χ4v) is 3.54. The number of fused-ring (bicyclic) bond motifs is 3. The molecule has 0 unspecified atom stereocenters. The summed E-state index contributed by atoms with van der Waals surface area (Å²) in [6, 6.07) is 19.1. The third-order valence-corrected chi connectivity index (χ3v) is 5.27. The monoisotopic (exact) mass is 365 g/mol. The number of sulfone groups is 1. The normalized spacial score (nSPS) is 11.7. The molecule has 26 heavy (non-hydrogen) atoms. The van der Waals surface area contributed by atoms with Gasteiger partial charge in [0.15, 0.2) is 9.84 Å². The van der Waals surface area contributed by atoms with Gasteiger partial charge in [-0.2, -0.15) is 0 Å². The van der Waals surface area contributed by atoms with Crippen molar-refractivity contribution in [2.24, 2.45) is 0 Å². The van der Waals surface area contributed by atoms with Crippen LogP contribution in [0.3, 0.4) is 0 Å². The molecule has 0 aliphatic carbocycles. The Morgan fingerprint density at radius 2 is 1.65 bits per heavy atom. The molecular formula is C20H15NO4S. The Hall–Kier alpha value is -3.12. The van der Waals surface area contributed by atoms with Crippen LogP contribution in [0.1, 0.15) is 10.4 Å². The molecule has 6 heteroatoms. The summed E-state index contributed by atoms with van der Waals surface area (Å²) in [5, 5.41) is 4.76. The average Bonchev–Trinajstić information content (AvgIpc) is 2.99. The zero-order valence-corrected chi connectivity index (χ0v) is 14.7. The number of furan rings is 1. The number of para-hydroxylation sites is 1. The molecule has 0 radical (unpaired) electrons. The molecule has 1 aromatic heterocycles. The number of carbonyl (C=O) groups excluding carboxylic acids is 1. The summed E-state index contributed by atoms with van der Waals surface area (Å²) in [6.07, 6.45) is 1.11. The van der Waals surface area contributed by atoms with Gasteiger partial charge in [0.1, 0.15) is 11.2 Å². The van der Waals surface area contributed by atoms with Crippen LogP contribution in [-0.4, -0.2) is 20.6 Å². The van der Waals surface area contributed by atoms with Crippen LogP contribution in [0.4, 0.5) is 5.69 Å². The van der Waals surface area contributed by atoms with E-state index >= 15 is 0 Å². The topological polar surface area (TPSA) is 76.4 Å². The molecule has 3 aromatic carbocycles. The molecule has 1 N–H and O–H groups in total. The van der Waals surface area contributed by atoms with Gasteiger partial charge in [-0.25, -0.2) is 8.42 Å². The van der Waals surface area contributed by atoms with Crippen molar-refractivity contribution < 1.29 is 17.6 Å². The number of amides is 1. The summed E-state index contributed by atoms with van der Waals surface area (Å²) >= 11 is 0. The molecule has 0 bridgehead atoms. The van der Waals surface area contributed by atoms with Gasteiger partial charge in [-0.3, -0.25) is 4.79 Å². The Bertz CT molecular complexity index is 1260. The van der Waals surface area contributed by atoms with Crippen molar-refractivity contribution in [3.05, 3.63) is 72.3 Å². The second-order valence-electron chi connectivity index (χ2n) is 6.06. The first-order valence-electron chi connectivity index (χ1n) is 7.94. The van der Waals surface area contributed by atoms with Gasteiger partial charge in [-0.15, -0.1) is 0 Å². The van der Waals surface area contributed by atoms with Crippen LogP contribution in [0.25, 0.3) is 21.9 Å². The number of rotatable bonds is 3. The van der Waals surface area contributed by atoms with Crippen LogP contribution in [0, 0.1) is 0 Å². The van der Waals surface area contributed by atoms with Gasteiger partial charge in [0.2, 0.25) is 0 Å². The van der Waals surface area contributed by atoms with Crippen LogP contribution >= 0.6 is 0 Å². The van der Waals surface area contributed by atoms with Crippen LogP contribution in [-0.2, 0) is 9.84 Å². The first-order chi connectivity index (χ1) is 12.4. The van der Waals surface area contributed by atoms with E-state index in [0.717, 1.165) is 22.6 Å². The highest BCUT2D eigenvalue weighted by atomic mass is 32.2. The second-order valence-corrected chi connectivity index (χ2v) is 8.08. The summed E-state index contributed by atoms with van der Waals surface area (Å²) < 4.78 is 29.1. The van der Waals surface area contributed by atoms with Crippen molar-refractivity contribution in [1.82, 2.24) is 0 Å². The third kappa shape index (κ3) is 2.95. The van der Waals surface area contributed by atoms with Gasteiger partial charge in [-0.05, 0) is 36.4 Å². The molecule has 5 nitrogen and oxygen atoms in total. The van der Waals surface area contributed by atoms with Crippen molar-refractivity contribution in [3.63, 3.8) is 0 Å². The highest BCUT2D eigenvalue weighted by Gasteiger charge is 2.13. The van der Waals surface area contributed by atoms with Gasteiger partial charge in [0, 0.05) is 34.3 Å². The number of carbonyl (C=O) groups is 1. The lowest BCUT2D eigenvalue weighted by Crippen LogP contribution is -2.12. The Morgan fingerprint density at radius 1 is 0.885 bits per heavy atom. The van der Waals surface area contributed by atoms with Gasteiger partial charge in [-0.1, -0.05) is 24.3 Å². The maximum Gasteiger partial charge on any atom is 0.255 e. The predicted octanol–water partition coefficient (Wildman–Crippen LogP) is 4.24. The molecular weight excluding hydrogens is 350 g/mol. The zero-order valence-electron chi connectivity index (χ0n) is 13.9. The van der Waals surface area contributed by atoms with Gasteiger partial charge < -0.3 is 9.73 Å². The van der Waals surface area contributed by atoms with Gasteiger partial charge >= 0.3 is 0 Å². The fraction of sp³-hybridized carbons (Fsp3) is 0.0500. The molecule has 0 saturated heterocycles. The predicted molar refractivity (Wildman–Crippen MR) is 101 cm³/mol. The van der Waals surface area contributed by atoms with E-state index in [1.54, 1.807) is 24.3 Å². The lowest BCUT2D eigenvalue weighted by atomic mass is 10.1. The average molecular weight is 365 g/mol. The summed E-state index contributed by atoms with van der Waals surface area (Å²) in [4.78, 5) is 12.6. The van der Waals surface area contributed by atoms with E-state index in [2.05, 4.69) is 5.32 Å². The maximum absolute atomic E-state index is 12.5.